The molecule has 0 aliphatic heterocycles. The molecule has 1 saturated carbocycles. The van der Waals surface area contributed by atoms with Gasteiger partial charge >= 0.3 is 5.97 Å². The van der Waals surface area contributed by atoms with Gasteiger partial charge in [0.2, 0.25) is 0 Å². The van der Waals surface area contributed by atoms with E-state index in [1.165, 1.54) is 24.6 Å². The van der Waals surface area contributed by atoms with Gasteiger partial charge in [0.1, 0.15) is 5.56 Å². The first-order valence-electron chi connectivity index (χ1n) is 7.61. The molecule has 110 valence electrons. The molecule has 2 aromatic rings. The van der Waals surface area contributed by atoms with Crippen molar-refractivity contribution in [2.24, 2.45) is 0 Å². The molecule has 1 aliphatic rings. The van der Waals surface area contributed by atoms with E-state index < -0.39 is 5.97 Å². The summed E-state index contributed by atoms with van der Waals surface area (Å²) in [5, 5.41) is 13.6. The van der Waals surface area contributed by atoms with Gasteiger partial charge in [0.15, 0.2) is 0 Å². The van der Waals surface area contributed by atoms with E-state index in [1.54, 1.807) is 4.68 Å². The van der Waals surface area contributed by atoms with E-state index in [-0.39, 0.29) is 0 Å². The van der Waals surface area contributed by atoms with Crippen molar-refractivity contribution in [1.29, 1.82) is 0 Å². The smallest absolute Gasteiger partial charge is 0.339 e. The average Bonchev–Trinajstić information content (AvgIpc) is 3.23. The number of hydrogen-bond donors (Lipinski definition) is 1. The van der Waals surface area contributed by atoms with Gasteiger partial charge in [0, 0.05) is 5.92 Å². The molecule has 0 atom stereocenters. The van der Waals surface area contributed by atoms with Gasteiger partial charge in [0.25, 0.3) is 0 Å². The zero-order chi connectivity index (χ0) is 14.8. The van der Waals surface area contributed by atoms with E-state index >= 15 is 0 Å². The zero-order valence-electron chi connectivity index (χ0n) is 12.2. The van der Waals surface area contributed by atoms with E-state index in [0.717, 1.165) is 30.6 Å². The summed E-state index contributed by atoms with van der Waals surface area (Å²) < 4.78 is 1.80. The maximum atomic E-state index is 11.3. The lowest BCUT2D eigenvalue weighted by Crippen LogP contribution is -2.05. The Bertz CT molecular complexity index is 639. The zero-order valence-corrected chi connectivity index (χ0v) is 12.2. The van der Waals surface area contributed by atoms with Crippen LogP contribution in [0.25, 0.3) is 5.69 Å². The summed E-state index contributed by atoms with van der Waals surface area (Å²) in [6.07, 6.45) is 7.06. The third kappa shape index (κ3) is 2.84. The molecular formula is C17H20N2O2. The van der Waals surface area contributed by atoms with Crippen LogP contribution in [0.2, 0.25) is 0 Å². The molecule has 1 aliphatic carbocycles. The number of hydrogen-bond acceptors (Lipinski definition) is 2. The number of carboxylic acids is 1. The standard InChI is InChI=1S/C17H20N2O2/c1-2-3-4-12-5-9-14(10-6-12)19-16(13-7-8-13)15(11-18-19)17(20)21/h5-6,9-11,13H,2-4,7-8H2,1H3,(H,20,21). The summed E-state index contributed by atoms with van der Waals surface area (Å²) in [5.41, 5.74) is 3.46. The van der Waals surface area contributed by atoms with Crippen LogP contribution in [0.1, 0.15) is 60.1 Å². The first-order chi connectivity index (χ1) is 10.2. The number of benzene rings is 1. The molecule has 1 fully saturated rings. The highest BCUT2D eigenvalue weighted by Crippen LogP contribution is 2.42. The molecule has 21 heavy (non-hydrogen) atoms. The Morgan fingerprint density at radius 3 is 2.62 bits per heavy atom. The predicted molar refractivity (Wildman–Crippen MR) is 81.1 cm³/mol. The Hall–Kier alpha value is -2.10. The van der Waals surface area contributed by atoms with Crippen LogP contribution >= 0.6 is 0 Å². The van der Waals surface area contributed by atoms with Crippen molar-refractivity contribution >= 4 is 5.97 Å². The van der Waals surface area contributed by atoms with Crippen LogP contribution in [0.5, 0.6) is 0 Å². The second-order valence-corrected chi connectivity index (χ2v) is 5.70. The van der Waals surface area contributed by atoms with Crippen molar-refractivity contribution in [3.05, 3.63) is 47.3 Å². The van der Waals surface area contributed by atoms with Crippen LogP contribution in [-0.4, -0.2) is 20.9 Å². The SMILES string of the molecule is CCCCc1ccc(-n2ncc(C(=O)O)c2C2CC2)cc1. The third-order valence-electron chi connectivity index (χ3n) is 4.00. The molecule has 0 unspecified atom stereocenters. The fourth-order valence-corrected chi connectivity index (χ4v) is 2.66. The van der Waals surface area contributed by atoms with Crippen LogP contribution in [0.3, 0.4) is 0 Å². The third-order valence-corrected chi connectivity index (χ3v) is 4.00. The first kappa shape index (κ1) is 13.9. The van der Waals surface area contributed by atoms with Gasteiger partial charge < -0.3 is 5.11 Å². The van der Waals surface area contributed by atoms with Crippen molar-refractivity contribution in [2.75, 3.05) is 0 Å². The topological polar surface area (TPSA) is 55.1 Å². The highest BCUT2D eigenvalue weighted by molar-refractivity contribution is 5.89. The van der Waals surface area contributed by atoms with Crippen LogP contribution in [-0.2, 0) is 6.42 Å². The summed E-state index contributed by atoms with van der Waals surface area (Å²) in [5.74, 6) is -0.541. The fourth-order valence-electron chi connectivity index (χ4n) is 2.66. The minimum Gasteiger partial charge on any atom is -0.478 e. The Balaban J connectivity index is 1.91. The van der Waals surface area contributed by atoms with Gasteiger partial charge in [-0.15, -0.1) is 0 Å². The molecule has 0 saturated heterocycles. The van der Waals surface area contributed by atoms with Crippen LogP contribution in [0, 0.1) is 0 Å². The Kier molecular flexibility index (Phi) is 3.78. The number of carbonyl (C=O) groups is 1. The van der Waals surface area contributed by atoms with E-state index in [0.29, 0.717) is 11.5 Å². The molecular weight excluding hydrogens is 264 g/mol. The summed E-state index contributed by atoms with van der Waals surface area (Å²) in [6.45, 7) is 2.19. The molecule has 1 aromatic heterocycles. The van der Waals surface area contributed by atoms with Crippen molar-refractivity contribution < 1.29 is 9.90 Å². The second kappa shape index (κ2) is 5.72. The van der Waals surface area contributed by atoms with Crippen molar-refractivity contribution in [3.63, 3.8) is 0 Å². The number of aryl methyl sites for hydroxylation is 1. The van der Waals surface area contributed by atoms with E-state index in [4.69, 9.17) is 0 Å². The first-order valence-corrected chi connectivity index (χ1v) is 7.61. The molecule has 0 bridgehead atoms. The minimum atomic E-state index is -0.886. The lowest BCUT2D eigenvalue weighted by atomic mass is 10.1. The van der Waals surface area contributed by atoms with Gasteiger partial charge in [-0.1, -0.05) is 25.5 Å². The van der Waals surface area contributed by atoms with Crippen molar-refractivity contribution in [2.45, 2.75) is 44.9 Å². The highest BCUT2D eigenvalue weighted by atomic mass is 16.4. The molecule has 4 heteroatoms. The fraction of sp³-hybridized carbons (Fsp3) is 0.412. The molecule has 1 aromatic carbocycles. The van der Waals surface area contributed by atoms with Crippen LogP contribution < -0.4 is 0 Å². The predicted octanol–water partition coefficient (Wildman–Crippen LogP) is 3.79. The Morgan fingerprint density at radius 2 is 2.05 bits per heavy atom. The Labute approximate surface area is 124 Å². The average molecular weight is 284 g/mol. The number of carboxylic acid groups (broad SMARTS) is 1. The van der Waals surface area contributed by atoms with E-state index in [9.17, 15) is 9.90 Å². The molecule has 0 spiro atoms. The van der Waals surface area contributed by atoms with E-state index in [2.05, 4.69) is 24.2 Å². The summed E-state index contributed by atoms with van der Waals surface area (Å²) in [7, 11) is 0. The lowest BCUT2D eigenvalue weighted by Gasteiger charge is -2.08. The van der Waals surface area contributed by atoms with Crippen molar-refractivity contribution in [1.82, 2.24) is 9.78 Å². The summed E-state index contributed by atoms with van der Waals surface area (Å²) in [6, 6.07) is 8.30. The molecule has 1 N–H and O–H groups in total. The van der Waals surface area contributed by atoms with Crippen LogP contribution in [0.4, 0.5) is 0 Å². The molecule has 4 nitrogen and oxygen atoms in total. The minimum absolute atomic E-state index is 0.340. The van der Waals surface area contributed by atoms with Gasteiger partial charge in [-0.3, -0.25) is 0 Å². The summed E-state index contributed by atoms with van der Waals surface area (Å²) in [4.78, 5) is 11.3. The maximum Gasteiger partial charge on any atom is 0.339 e. The van der Waals surface area contributed by atoms with E-state index in [1.807, 2.05) is 12.1 Å². The van der Waals surface area contributed by atoms with Crippen molar-refractivity contribution in [3.8, 4) is 5.69 Å². The number of nitrogens with zero attached hydrogens (tertiary/aromatic N) is 2. The number of rotatable bonds is 6. The quantitative estimate of drug-likeness (QED) is 0.878. The monoisotopic (exact) mass is 284 g/mol. The molecule has 0 amide bonds. The van der Waals surface area contributed by atoms with Gasteiger partial charge in [-0.05, 0) is 43.4 Å². The largest absolute Gasteiger partial charge is 0.478 e. The second-order valence-electron chi connectivity index (χ2n) is 5.70. The number of aromatic nitrogens is 2. The maximum absolute atomic E-state index is 11.3. The number of unbranched alkanes of at least 4 members (excludes halogenated alkanes) is 1. The van der Waals surface area contributed by atoms with Gasteiger partial charge in [-0.25, -0.2) is 9.48 Å². The number of aromatic carboxylic acids is 1. The molecule has 1 heterocycles. The molecule has 0 radical (unpaired) electrons. The van der Waals surface area contributed by atoms with Gasteiger partial charge in [-0.2, -0.15) is 5.10 Å². The summed E-state index contributed by atoms with van der Waals surface area (Å²) >= 11 is 0. The normalized spacial score (nSPS) is 14.3. The molecule has 3 rings (SSSR count). The Morgan fingerprint density at radius 1 is 1.33 bits per heavy atom. The van der Waals surface area contributed by atoms with Gasteiger partial charge in [0.05, 0.1) is 17.6 Å². The highest BCUT2D eigenvalue weighted by Gasteiger charge is 2.32. The van der Waals surface area contributed by atoms with Crippen LogP contribution in [0.15, 0.2) is 30.5 Å². The lowest BCUT2D eigenvalue weighted by molar-refractivity contribution is 0.0695.